The second-order valence-corrected chi connectivity index (χ2v) is 12.1. The van der Waals surface area contributed by atoms with Crippen molar-refractivity contribution in [3.8, 4) is 0 Å². The molecule has 11 nitrogen and oxygen atoms in total. The molecule has 4 aromatic rings. The summed E-state index contributed by atoms with van der Waals surface area (Å²) in [6, 6.07) is 11.7. The first-order chi connectivity index (χ1) is 21.2. The monoisotopic (exact) mass is 639 g/mol. The molecule has 44 heavy (non-hydrogen) atoms. The van der Waals surface area contributed by atoms with E-state index in [1.54, 1.807) is 11.1 Å². The Bertz CT molecular complexity index is 1660. The Balaban J connectivity index is 1.26. The molecule has 1 aliphatic carbocycles. The molecule has 2 aromatic heterocycles. The average Bonchev–Trinajstić information content (AvgIpc) is 3.37. The number of nitrogens with zero attached hydrogens (tertiary/aromatic N) is 5. The molecule has 230 valence electrons. The SMILES string of the molecule is NC(=O)C1CCC(n2c(Nc3c(F)cc(Cl)cc3Cl)nc3cnc(NC4CCCN(C(=O)Nc5ccccc5)C4)nc32)CC1. The number of urea groups is 1. The third-order valence-corrected chi connectivity index (χ3v) is 8.72. The van der Waals surface area contributed by atoms with Crippen LogP contribution < -0.4 is 21.7 Å². The number of hydrogen-bond acceptors (Lipinski definition) is 7. The van der Waals surface area contributed by atoms with E-state index in [1.165, 1.54) is 12.1 Å². The van der Waals surface area contributed by atoms with E-state index in [2.05, 4.69) is 20.9 Å². The fourth-order valence-electron chi connectivity index (χ4n) is 5.97. The third kappa shape index (κ3) is 6.51. The minimum Gasteiger partial charge on any atom is -0.369 e. The number of aromatic nitrogens is 4. The summed E-state index contributed by atoms with van der Waals surface area (Å²) < 4.78 is 16.8. The molecular weight excluding hydrogens is 608 g/mol. The molecule has 1 saturated carbocycles. The maximum absolute atomic E-state index is 14.9. The lowest BCUT2D eigenvalue weighted by atomic mass is 9.85. The van der Waals surface area contributed by atoms with Crippen LogP contribution in [0, 0.1) is 11.7 Å². The summed E-state index contributed by atoms with van der Waals surface area (Å²) in [7, 11) is 0. The highest BCUT2D eigenvalue weighted by Gasteiger charge is 2.30. The number of piperidine rings is 1. The number of nitrogens with two attached hydrogens (primary N) is 1. The zero-order chi connectivity index (χ0) is 30.8. The van der Waals surface area contributed by atoms with Gasteiger partial charge in [-0.05, 0) is 62.8 Å². The molecule has 1 saturated heterocycles. The van der Waals surface area contributed by atoms with Crippen LogP contribution in [0.4, 0.5) is 32.5 Å². The van der Waals surface area contributed by atoms with Gasteiger partial charge in [0.2, 0.25) is 17.8 Å². The Morgan fingerprint density at radius 3 is 2.52 bits per heavy atom. The Morgan fingerprint density at radius 2 is 1.80 bits per heavy atom. The van der Waals surface area contributed by atoms with Crippen LogP contribution in [-0.4, -0.2) is 55.5 Å². The number of halogens is 3. The summed E-state index contributed by atoms with van der Waals surface area (Å²) in [4.78, 5) is 40.5. The standard InChI is InChI=1S/C30H32Cl2FN9O2/c31-18-13-22(32)25(23(33)14-18)39-29-38-24-15-35-28(40-27(24)42(29)21-10-8-17(9-11-21)26(34)43)36-20-7-4-12-41(16-20)30(44)37-19-5-2-1-3-6-19/h1-3,5-6,13-15,17,20-21H,4,7-12,16H2,(H2,34,43)(H,37,44)(H,38,39)(H,35,36,40). The van der Waals surface area contributed by atoms with Gasteiger partial charge in [-0.15, -0.1) is 0 Å². The summed E-state index contributed by atoms with van der Waals surface area (Å²) in [5.41, 5.74) is 7.42. The number of benzene rings is 2. The van der Waals surface area contributed by atoms with E-state index in [0.717, 1.165) is 18.5 Å². The molecule has 1 unspecified atom stereocenters. The van der Waals surface area contributed by atoms with Crippen LogP contribution in [0.2, 0.25) is 10.0 Å². The molecule has 1 aliphatic heterocycles. The van der Waals surface area contributed by atoms with Gasteiger partial charge in [0.25, 0.3) is 0 Å². The molecule has 0 radical (unpaired) electrons. The second-order valence-electron chi connectivity index (χ2n) is 11.2. The van der Waals surface area contributed by atoms with Gasteiger partial charge >= 0.3 is 6.03 Å². The van der Waals surface area contributed by atoms with Gasteiger partial charge in [0.05, 0.1) is 16.9 Å². The van der Waals surface area contributed by atoms with Gasteiger partial charge in [-0.3, -0.25) is 9.36 Å². The number of fused-ring (bicyclic) bond motifs is 1. The van der Waals surface area contributed by atoms with E-state index in [1.807, 2.05) is 34.9 Å². The zero-order valence-corrected chi connectivity index (χ0v) is 25.3. The topological polar surface area (TPSA) is 143 Å². The molecule has 0 bridgehead atoms. The summed E-state index contributed by atoms with van der Waals surface area (Å²) in [6.45, 7) is 1.13. The highest BCUT2D eigenvalue weighted by Crippen LogP contribution is 2.38. The molecule has 1 atom stereocenters. The molecule has 2 aliphatic rings. The number of primary amides is 1. The second kappa shape index (κ2) is 12.8. The number of likely N-dealkylation sites (tertiary alicyclic amines) is 1. The number of nitrogens with one attached hydrogen (secondary N) is 3. The lowest BCUT2D eigenvalue weighted by Crippen LogP contribution is -2.47. The summed E-state index contributed by atoms with van der Waals surface area (Å²) in [5.74, 6) is -0.383. The number of carbonyl (C=O) groups is 2. The first kappa shape index (κ1) is 29.9. The molecular formula is C30H32Cl2FN9O2. The first-order valence-electron chi connectivity index (χ1n) is 14.6. The third-order valence-electron chi connectivity index (χ3n) is 8.21. The average molecular weight is 641 g/mol. The van der Waals surface area contributed by atoms with Gasteiger partial charge < -0.3 is 26.6 Å². The van der Waals surface area contributed by atoms with Gasteiger partial charge in [0.15, 0.2) is 5.65 Å². The van der Waals surface area contributed by atoms with E-state index in [9.17, 15) is 14.0 Å². The van der Waals surface area contributed by atoms with Gasteiger partial charge in [-0.25, -0.2) is 19.2 Å². The van der Waals surface area contributed by atoms with Crippen molar-refractivity contribution >= 4 is 69.6 Å². The summed E-state index contributed by atoms with van der Waals surface area (Å²) >= 11 is 12.3. The van der Waals surface area contributed by atoms with Crippen molar-refractivity contribution in [1.29, 1.82) is 0 Å². The van der Waals surface area contributed by atoms with Crippen LogP contribution in [-0.2, 0) is 4.79 Å². The first-order valence-corrected chi connectivity index (χ1v) is 15.3. The lowest BCUT2D eigenvalue weighted by molar-refractivity contribution is -0.122. The predicted octanol–water partition coefficient (Wildman–Crippen LogP) is 6.34. The normalized spacial score (nSPS) is 20.3. The van der Waals surface area contributed by atoms with E-state index in [0.29, 0.717) is 61.8 Å². The highest BCUT2D eigenvalue weighted by atomic mass is 35.5. The number of anilines is 4. The summed E-state index contributed by atoms with van der Waals surface area (Å²) in [5, 5.41) is 9.68. The van der Waals surface area contributed by atoms with Gasteiger partial charge in [0, 0.05) is 41.8 Å². The predicted molar refractivity (Wildman–Crippen MR) is 169 cm³/mol. The van der Waals surface area contributed by atoms with Crippen LogP contribution in [0.15, 0.2) is 48.7 Å². The number of imidazole rings is 1. The van der Waals surface area contributed by atoms with Crippen LogP contribution in [0.5, 0.6) is 0 Å². The van der Waals surface area contributed by atoms with Crippen LogP contribution in [0.1, 0.15) is 44.6 Å². The van der Waals surface area contributed by atoms with E-state index in [4.69, 9.17) is 38.9 Å². The van der Waals surface area contributed by atoms with E-state index >= 15 is 0 Å². The van der Waals surface area contributed by atoms with Crippen molar-refractivity contribution in [2.24, 2.45) is 11.7 Å². The Labute approximate surface area is 263 Å². The molecule has 0 spiro atoms. The number of amides is 3. The molecule has 3 amide bonds. The van der Waals surface area contributed by atoms with E-state index in [-0.39, 0.29) is 45.7 Å². The number of rotatable bonds is 7. The van der Waals surface area contributed by atoms with Crippen molar-refractivity contribution in [2.45, 2.75) is 50.6 Å². The summed E-state index contributed by atoms with van der Waals surface area (Å²) in [6.07, 6.45) is 5.84. The molecule has 6 rings (SSSR count). The largest absolute Gasteiger partial charge is 0.369 e. The van der Waals surface area contributed by atoms with Crippen molar-refractivity contribution in [2.75, 3.05) is 29.0 Å². The van der Waals surface area contributed by atoms with Gasteiger partial charge in [-0.1, -0.05) is 41.4 Å². The molecule has 2 fully saturated rings. The van der Waals surface area contributed by atoms with Crippen molar-refractivity contribution in [3.05, 3.63) is 64.5 Å². The zero-order valence-electron chi connectivity index (χ0n) is 23.8. The van der Waals surface area contributed by atoms with Gasteiger partial charge in [0.1, 0.15) is 11.3 Å². The van der Waals surface area contributed by atoms with E-state index < -0.39 is 5.82 Å². The number of carbonyl (C=O) groups excluding carboxylic acids is 2. The molecule has 2 aromatic carbocycles. The quantitative estimate of drug-likeness (QED) is 0.185. The van der Waals surface area contributed by atoms with Crippen LogP contribution in [0.25, 0.3) is 11.2 Å². The minimum atomic E-state index is -0.620. The Morgan fingerprint density at radius 1 is 1.02 bits per heavy atom. The highest BCUT2D eigenvalue weighted by molar-refractivity contribution is 6.36. The maximum atomic E-state index is 14.9. The fourth-order valence-corrected chi connectivity index (χ4v) is 6.49. The van der Waals surface area contributed by atoms with Crippen molar-refractivity contribution in [3.63, 3.8) is 0 Å². The smallest absolute Gasteiger partial charge is 0.321 e. The Kier molecular flexibility index (Phi) is 8.72. The molecule has 5 N–H and O–H groups in total. The molecule has 14 heteroatoms. The number of hydrogen-bond donors (Lipinski definition) is 4. The van der Waals surface area contributed by atoms with Crippen LogP contribution >= 0.6 is 23.2 Å². The van der Waals surface area contributed by atoms with Crippen molar-refractivity contribution < 1.29 is 14.0 Å². The minimum absolute atomic E-state index is 0.0424. The Hall–Kier alpha value is -4.16. The lowest BCUT2D eigenvalue weighted by Gasteiger charge is -2.33. The fraction of sp³-hybridized carbons (Fsp3) is 0.367. The molecule has 3 heterocycles. The van der Waals surface area contributed by atoms with Gasteiger partial charge in [-0.2, -0.15) is 4.98 Å². The number of para-hydroxylation sites is 1. The van der Waals surface area contributed by atoms with Crippen molar-refractivity contribution in [1.82, 2.24) is 24.4 Å². The van der Waals surface area contributed by atoms with Crippen LogP contribution in [0.3, 0.4) is 0 Å². The maximum Gasteiger partial charge on any atom is 0.321 e.